The first-order valence-electron chi connectivity index (χ1n) is 12.6. The molecule has 9 heteroatoms. The van der Waals surface area contributed by atoms with Crippen molar-refractivity contribution in [3.05, 3.63) is 64.8 Å². The predicted octanol–water partition coefficient (Wildman–Crippen LogP) is 5.60. The summed E-state index contributed by atoms with van der Waals surface area (Å²) in [6.45, 7) is 4.97. The van der Waals surface area contributed by atoms with E-state index in [-0.39, 0.29) is 17.8 Å². The van der Waals surface area contributed by atoms with E-state index in [0.717, 1.165) is 40.3 Å². The Labute approximate surface area is 218 Å². The first kappa shape index (κ1) is 23.7. The molecule has 2 aromatic heterocycles. The molecule has 0 bridgehead atoms. The van der Waals surface area contributed by atoms with E-state index < -0.39 is 6.09 Å². The van der Waals surface area contributed by atoms with E-state index in [9.17, 15) is 9.59 Å². The minimum Gasteiger partial charge on any atom is -0.387 e. The quantitative estimate of drug-likeness (QED) is 0.371. The Bertz CT molecular complexity index is 1480. The molecule has 0 radical (unpaired) electrons. The van der Waals surface area contributed by atoms with Crippen LogP contribution >= 0.6 is 11.3 Å². The van der Waals surface area contributed by atoms with Crippen molar-refractivity contribution in [1.82, 2.24) is 20.4 Å². The summed E-state index contributed by atoms with van der Waals surface area (Å²) >= 11 is 1.54. The van der Waals surface area contributed by atoms with E-state index in [2.05, 4.69) is 21.5 Å². The van der Waals surface area contributed by atoms with Crippen LogP contribution in [0.4, 0.5) is 4.79 Å². The topological polar surface area (TPSA) is 97.6 Å². The molecule has 8 nitrogen and oxygen atoms in total. The minimum absolute atomic E-state index is 0.0714. The molecule has 3 heterocycles. The third-order valence-corrected chi connectivity index (χ3v) is 8.53. The second-order valence-corrected chi connectivity index (χ2v) is 11.1. The van der Waals surface area contributed by atoms with Gasteiger partial charge in [0.05, 0.1) is 21.3 Å². The van der Waals surface area contributed by atoms with Gasteiger partial charge < -0.3 is 19.5 Å². The Morgan fingerprint density at radius 2 is 2.03 bits per heavy atom. The molecule has 2 aliphatic rings. The molecule has 190 valence electrons. The molecule has 2 amide bonds. The van der Waals surface area contributed by atoms with Crippen LogP contribution in [0.15, 0.2) is 53.1 Å². The highest BCUT2D eigenvalue weighted by Gasteiger charge is 2.47. The van der Waals surface area contributed by atoms with Gasteiger partial charge in [0.2, 0.25) is 0 Å². The van der Waals surface area contributed by atoms with E-state index in [1.165, 1.54) is 0 Å². The Morgan fingerprint density at radius 3 is 2.89 bits per heavy atom. The van der Waals surface area contributed by atoms with Crippen molar-refractivity contribution in [2.24, 2.45) is 11.8 Å². The van der Waals surface area contributed by atoms with Gasteiger partial charge in [0.25, 0.3) is 11.8 Å². The van der Waals surface area contributed by atoms with Crippen molar-refractivity contribution in [3.63, 3.8) is 0 Å². The average molecular weight is 517 g/mol. The van der Waals surface area contributed by atoms with Crippen LogP contribution in [0.5, 0.6) is 5.88 Å². The SMILES string of the molecule is Cc1cccc(-c2sc(C)nc2C(=O)N2C[C@@H]3CCC[C@@H]3[C@H]2CNC(=O)Oc2noc3ccccc23)c1. The maximum absolute atomic E-state index is 13.9. The van der Waals surface area contributed by atoms with Gasteiger partial charge in [-0.3, -0.25) is 4.79 Å². The number of hydrogen-bond acceptors (Lipinski definition) is 7. The van der Waals surface area contributed by atoms with Crippen LogP contribution in [0, 0.1) is 25.7 Å². The molecule has 37 heavy (non-hydrogen) atoms. The monoisotopic (exact) mass is 516 g/mol. The molecule has 1 saturated carbocycles. The highest BCUT2D eigenvalue weighted by Crippen LogP contribution is 2.43. The summed E-state index contributed by atoms with van der Waals surface area (Å²) in [5, 5.41) is 8.24. The molecule has 2 aromatic carbocycles. The van der Waals surface area contributed by atoms with E-state index in [4.69, 9.17) is 9.26 Å². The molecule has 1 aliphatic heterocycles. The minimum atomic E-state index is -0.613. The molecular weight excluding hydrogens is 488 g/mol. The average Bonchev–Trinajstić information content (AvgIpc) is 3.66. The van der Waals surface area contributed by atoms with Crippen molar-refractivity contribution in [3.8, 4) is 16.3 Å². The first-order chi connectivity index (χ1) is 18.0. The summed E-state index contributed by atoms with van der Waals surface area (Å²) in [6.07, 6.45) is 2.68. The zero-order valence-corrected chi connectivity index (χ0v) is 21.6. The number of para-hydroxylation sites is 1. The highest BCUT2D eigenvalue weighted by molar-refractivity contribution is 7.15. The molecular formula is C28H28N4O4S. The van der Waals surface area contributed by atoms with Gasteiger partial charge in [-0.25, -0.2) is 9.78 Å². The zero-order valence-electron chi connectivity index (χ0n) is 20.8. The molecule has 0 unspecified atom stereocenters. The number of amides is 2. The van der Waals surface area contributed by atoms with Gasteiger partial charge in [0, 0.05) is 13.1 Å². The van der Waals surface area contributed by atoms with Gasteiger partial charge in [0.1, 0.15) is 5.69 Å². The maximum Gasteiger partial charge on any atom is 0.414 e. The lowest BCUT2D eigenvalue weighted by atomic mass is 9.94. The van der Waals surface area contributed by atoms with E-state index in [1.54, 1.807) is 23.5 Å². The van der Waals surface area contributed by atoms with Crippen LogP contribution in [-0.2, 0) is 0 Å². The van der Waals surface area contributed by atoms with Crippen molar-refractivity contribution in [2.45, 2.75) is 39.2 Å². The van der Waals surface area contributed by atoms with Crippen LogP contribution in [0.1, 0.15) is 40.3 Å². The molecule has 4 aromatic rings. The third-order valence-electron chi connectivity index (χ3n) is 7.51. The summed E-state index contributed by atoms with van der Waals surface area (Å²) < 4.78 is 10.7. The van der Waals surface area contributed by atoms with Crippen molar-refractivity contribution < 1.29 is 18.8 Å². The van der Waals surface area contributed by atoms with Crippen molar-refractivity contribution in [1.29, 1.82) is 0 Å². The fourth-order valence-corrected chi connectivity index (χ4v) is 6.76. The number of carbonyl (C=O) groups is 2. The Hall–Kier alpha value is -3.72. The lowest BCUT2D eigenvalue weighted by molar-refractivity contribution is 0.0706. The van der Waals surface area contributed by atoms with Crippen molar-refractivity contribution >= 4 is 34.3 Å². The number of thiazole rings is 1. The number of likely N-dealkylation sites (tertiary alicyclic amines) is 1. The molecule has 0 spiro atoms. The second-order valence-electron chi connectivity index (χ2n) is 9.91. The van der Waals surface area contributed by atoms with Crippen LogP contribution in [0.25, 0.3) is 21.4 Å². The number of benzene rings is 2. The Morgan fingerprint density at radius 1 is 1.16 bits per heavy atom. The molecule has 2 fully saturated rings. The number of aryl methyl sites for hydroxylation is 2. The smallest absolute Gasteiger partial charge is 0.387 e. The van der Waals surface area contributed by atoms with Gasteiger partial charge in [-0.2, -0.15) is 0 Å². The van der Waals surface area contributed by atoms with Gasteiger partial charge >= 0.3 is 6.09 Å². The standard InChI is InChI=1S/C28H28N4O4S/c1-16-7-5-8-18(13-16)25-24(30-17(2)37-25)27(33)32-15-19-9-6-11-20(19)22(32)14-29-28(34)35-26-21-10-3-4-12-23(21)36-31-26/h3-5,7-8,10,12-13,19-20,22H,6,9,11,14-15H2,1-2H3,(H,29,34)/t19-,20-,22+/m0/s1. The summed E-state index contributed by atoms with van der Waals surface area (Å²) in [5.74, 6) is 0.845. The molecule has 1 saturated heterocycles. The first-order valence-corrected chi connectivity index (χ1v) is 13.4. The number of nitrogens with zero attached hydrogens (tertiary/aromatic N) is 3. The van der Waals surface area contributed by atoms with Crippen LogP contribution < -0.4 is 10.1 Å². The normalized spacial score (nSPS) is 20.8. The van der Waals surface area contributed by atoms with Gasteiger partial charge in [-0.1, -0.05) is 48.4 Å². The molecule has 3 atom stereocenters. The fraction of sp³-hybridized carbons (Fsp3) is 0.357. The largest absolute Gasteiger partial charge is 0.414 e. The number of carbonyl (C=O) groups excluding carboxylic acids is 2. The van der Waals surface area contributed by atoms with Crippen LogP contribution in [0.2, 0.25) is 0 Å². The second kappa shape index (κ2) is 9.63. The Kier molecular flexibility index (Phi) is 6.16. The summed E-state index contributed by atoms with van der Waals surface area (Å²) in [7, 11) is 0. The summed E-state index contributed by atoms with van der Waals surface area (Å²) in [4.78, 5) is 34.1. The van der Waals surface area contributed by atoms with Gasteiger partial charge in [0.15, 0.2) is 5.58 Å². The molecule has 1 aliphatic carbocycles. The number of ether oxygens (including phenoxy) is 1. The van der Waals surface area contributed by atoms with Gasteiger partial charge in [-0.05, 0) is 61.4 Å². The maximum atomic E-state index is 13.9. The summed E-state index contributed by atoms with van der Waals surface area (Å²) in [6, 6.07) is 15.3. The van der Waals surface area contributed by atoms with E-state index >= 15 is 0 Å². The fourth-order valence-electron chi connectivity index (χ4n) is 5.85. The number of hydrogen-bond donors (Lipinski definition) is 1. The molecule has 1 N–H and O–H groups in total. The Balaban J connectivity index is 1.21. The van der Waals surface area contributed by atoms with Gasteiger partial charge in [-0.15, -0.1) is 11.3 Å². The number of fused-ring (bicyclic) bond motifs is 2. The summed E-state index contributed by atoms with van der Waals surface area (Å²) in [5.41, 5.74) is 3.19. The number of rotatable bonds is 5. The highest BCUT2D eigenvalue weighted by atomic mass is 32.1. The third kappa shape index (κ3) is 4.48. The number of nitrogens with one attached hydrogen (secondary N) is 1. The van der Waals surface area contributed by atoms with Crippen LogP contribution in [0.3, 0.4) is 0 Å². The molecule has 6 rings (SSSR count). The lowest BCUT2D eigenvalue weighted by Crippen LogP contribution is -2.46. The van der Waals surface area contributed by atoms with E-state index in [0.29, 0.717) is 41.6 Å². The predicted molar refractivity (Wildman–Crippen MR) is 141 cm³/mol. The zero-order chi connectivity index (χ0) is 25.5. The van der Waals surface area contributed by atoms with E-state index in [1.807, 2.05) is 49.1 Å². The van der Waals surface area contributed by atoms with Crippen molar-refractivity contribution in [2.75, 3.05) is 13.1 Å². The van der Waals surface area contributed by atoms with Crippen LogP contribution in [-0.4, -0.2) is 46.2 Å². The lowest BCUT2D eigenvalue weighted by Gasteiger charge is -2.28. The number of aromatic nitrogens is 2.